The van der Waals surface area contributed by atoms with E-state index in [1.165, 1.54) is 12.1 Å². The number of nitrogens with one attached hydrogen (secondary N) is 1. The van der Waals surface area contributed by atoms with Crippen molar-refractivity contribution >= 4 is 17.7 Å². The van der Waals surface area contributed by atoms with E-state index >= 15 is 0 Å². The molecule has 1 heterocycles. The number of amides is 1. The summed E-state index contributed by atoms with van der Waals surface area (Å²) in [4.78, 5) is 12.3. The van der Waals surface area contributed by atoms with E-state index in [1.807, 2.05) is 0 Å². The Balaban J connectivity index is 1.84. The molecule has 1 fully saturated rings. The number of hydrogen-bond acceptors (Lipinski definition) is 3. The van der Waals surface area contributed by atoms with Crippen molar-refractivity contribution in [2.45, 2.75) is 29.6 Å². The van der Waals surface area contributed by atoms with Gasteiger partial charge in [0.25, 0.3) is 11.7 Å². The number of ether oxygens (including phenoxy) is 1. The second kappa shape index (κ2) is 6.86. The number of benzene rings is 1. The van der Waals surface area contributed by atoms with E-state index in [-0.39, 0.29) is 12.0 Å². The fourth-order valence-electron chi connectivity index (χ4n) is 1.90. The zero-order valence-corrected chi connectivity index (χ0v) is 11.1. The second-order valence-electron chi connectivity index (χ2n) is 4.25. The summed E-state index contributed by atoms with van der Waals surface area (Å²) < 4.78 is 29.7. The zero-order chi connectivity index (χ0) is 13.7. The van der Waals surface area contributed by atoms with E-state index in [9.17, 15) is 13.6 Å². The summed E-state index contributed by atoms with van der Waals surface area (Å²) in [6.07, 6.45) is 2.09. The summed E-state index contributed by atoms with van der Waals surface area (Å²) in [5, 5.41) is 2.78. The molecular weight excluding hydrogens is 272 g/mol. The Bertz CT molecular complexity index is 419. The van der Waals surface area contributed by atoms with Crippen LogP contribution in [0.25, 0.3) is 0 Å². The third-order valence-corrected chi connectivity index (χ3v) is 3.58. The van der Waals surface area contributed by atoms with Crippen LogP contribution in [0.4, 0.5) is 8.78 Å². The average Bonchev–Trinajstić information content (AvgIpc) is 2.89. The molecule has 1 amide bonds. The van der Waals surface area contributed by atoms with Crippen molar-refractivity contribution in [3.8, 4) is 0 Å². The monoisotopic (exact) mass is 287 g/mol. The summed E-state index contributed by atoms with van der Waals surface area (Å²) in [7, 11) is 0. The molecule has 1 aromatic rings. The Kier molecular flexibility index (Phi) is 5.15. The highest BCUT2D eigenvalue weighted by atomic mass is 32.2. The van der Waals surface area contributed by atoms with Crippen LogP contribution in [0.15, 0.2) is 29.2 Å². The first-order valence-corrected chi connectivity index (χ1v) is 6.98. The van der Waals surface area contributed by atoms with Gasteiger partial charge in [-0.15, -0.1) is 0 Å². The third-order valence-electron chi connectivity index (χ3n) is 2.86. The van der Waals surface area contributed by atoms with E-state index in [1.54, 1.807) is 12.1 Å². The molecule has 0 bridgehead atoms. The molecule has 0 unspecified atom stereocenters. The van der Waals surface area contributed by atoms with Crippen molar-refractivity contribution in [1.82, 2.24) is 5.32 Å². The summed E-state index contributed by atoms with van der Waals surface area (Å²) in [6, 6.07) is 6.15. The SMILES string of the molecule is O=C(NC[C@@H]1CCCO1)c1ccc(SC(F)F)cc1. The average molecular weight is 287 g/mol. The highest BCUT2D eigenvalue weighted by molar-refractivity contribution is 7.99. The van der Waals surface area contributed by atoms with Crippen molar-refractivity contribution in [3.05, 3.63) is 29.8 Å². The van der Waals surface area contributed by atoms with Crippen LogP contribution in [0.2, 0.25) is 0 Å². The Morgan fingerprint density at radius 3 is 2.74 bits per heavy atom. The molecule has 19 heavy (non-hydrogen) atoms. The van der Waals surface area contributed by atoms with E-state index in [4.69, 9.17) is 4.74 Å². The van der Waals surface area contributed by atoms with Crippen molar-refractivity contribution in [1.29, 1.82) is 0 Å². The predicted octanol–water partition coefficient (Wildman–Crippen LogP) is 2.91. The molecule has 2 rings (SSSR count). The maximum absolute atomic E-state index is 12.1. The van der Waals surface area contributed by atoms with Crippen LogP contribution >= 0.6 is 11.8 Å². The Hall–Kier alpha value is -1.14. The van der Waals surface area contributed by atoms with Crippen LogP contribution in [-0.4, -0.2) is 30.9 Å². The summed E-state index contributed by atoms with van der Waals surface area (Å²) in [5.41, 5.74) is 0.469. The van der Waals surface area contributed by atoms with E-state index in [2.05, 4.69) is 5.32 Å². The predicted molar refractivity (Wildman–Crippen MR) is 69.6 cm³/mol. The third kappa shape index (κ3) is 4.47. The number of carbonyl (C=O) groups is 1. The van der Waals surface area contributed by atoms with Gasteiger partial charge in [0.15, 0.2) is 0 Å². The molecule has 1 aliphatic rings. The van der Waals surface area contributed by atoms with Gasteiger partial charge in [-0.2, -0.15) is 8.78 Å². The van der Waals surface area contributed by atoms with Gasteiger partial charge in [-0.05, 0) is 37.1 Å². The quantitative estimate of drug-likeness (QED) is 0.846. The normalized spacial score (nSPS) is 18.8. The van der Waals surface area contributed by atoms with Gasteiger partial charge >= 0.3 is 0 Å². The first-order chi connectivity index (χ1) is 9.15. The molecular formula is C13H15F2NO2S. The van der Waals surface area contributed by atoms with Crippen molar-refractivity contribution in [2.75, 3.05) is 13.2 Å². The lowest BCUT2D eigenvalue weighted by Crippen LogP contribution is -2.31. The zero-order valence-electron chi connectivity index (χ0n) is 10.3. The standard InChI is InChI=1S/C13H15F2NO2S/c14-13(15)19-11-5-3-9(4-6-11)12(17)16-8-10-2-1-7-18-10/h3-6,10,13H,1-2,7-8H2,(H,16,17)/t10-/m0/s1. The van der Waals surface area contributed by atoms with Gasteiger partial charge in [-0.3, -0.25) is 4.79 Å². The lowest BCUT2D eigenvalue weighted by molar-refractivity contribution is 0.0857. The van der Waals surface area contributed by atoms with Gasteiger partial charge < -0.3 is 10.1 Å². The molecule has 6 heteroatoms. The van der Waals surface area contributed by atoms with E-state index in [0.29, 0.717) is 28.8 Å². The van der Waals surface area contributed by atoms with Crippen molar-refractivity contribution in [2.24, 2.45) is 0 Å². The van der Waals surface area contributed by atoms with Crippen LogP contribution in [0.5, 0.6) is 0 Å². The Labute approximate surface area is 114 Å². The molecule has 0 radical (unpaired) electrons. The number of thioether (sulfide) groups is 1. The molecule has 0 aromatic heterocycles. The highest BCUT2D eigenvalue weighted by Crippen LogP contribution is 2.25. The summed E-state index contributed by atoms with van der Waals surface area (Å²) >= 11 is 0.468. The van der Waals surface area contributed by atoms with Crippen molar-refractivity contribution in [3.63, 3.8) is 0 Å². The lowest BCUT2D eigenvalue weighted by Gasteiger charge is -2.11. The number of carbonyl (C=O) groups excluding carboxylic acids is 1. The molecule has 0 aliphatic carbocycles. The van der Waals surface area contributed by atoms with Gasteiger partial charge in [0.05, 0.1) is 6.10 Å². The minimum Gasteiger partial charge on any atom is -0.376 e. The molecule has 0 spiro atoms. The topological polar surface area (TPSA) is 38.3 Å². The second-order valence-corrected chi connectivity index (χ2v) is 5.31. The number of rotatable bonds is 5. The molecule has 0 saturated carbocycles. The lowest BCUT2D eigenvalue weighted by atomic mass is 10.2. The van der Waals surface area contributed by atoms with Crippen molar-refractivity contribution < 1.29 is 18.3 Å². The minimum atomic E-state index is -2.45. The molecule has 1 N–H and O–H groups in total. The number of halogens is 2. The fourth-order valence-corrected chi connectivity index (χ4v) is 2.40. The van der Waals surface area contributed by atoms with Crippen LogP contribution in [0.1, 0.15) is 23.2 Å². The highest BCUT2D eigenvalue weighted by Gasteiger charge is 2.16. The minimum absolute atomic E-state index is 0.0950. The first-order valence-electron chi connectivity index (χ1n) is 6.10. The smallest absolute Gasteiger partial charge is 0.288 e. The summed E-state index contributed by atoms with van der Waals surface area (Å²) in [5.74, 6) is -2.65. The summed E-state index contributed by atoms with van der Waals surface area (Å²) in [6.45, 7) is 1.24. The van der Waals surface area contributed by atoms with Crippen LogP contribution in [0, 0.1) is 0 Å². The Morgan fingerprint density at radius 1 is 1.42 bits per heavy atom. The fraction of sp³-hybridized carbons (Fsp3) is 0.462. The van der Waals surface area contributed by atoms with Gasteiger partial charge in [0.2, 0.25) is 0 Å². The van der Waals surface area contributed by atoms with Gasteiger partial charge in [0, 0.05) is 23.6 Å². The molecule has 1 atom stereocenters. The van der Waals surface area contributed by atoms with E-state index < -0.39 is 5.76 Å². The Morgan fingerprint density at radius 2 is 2.16 bits per heavy atom. The van der Waals surface area contributed by atoms with Crippen LogP contribution < -0.4 is 5.32 Å². The largest absolute Gasteiger partial charge is 0.376 e. The molecule has 1 saturated heterocycles. The van der Waals surface area contributed by atoms with Crippen LogP contribution in [-0.2, 0) is 4.74 Å². The maximum atomic E-state index is 12.1. The number of hydrogen-bond donors (Lipinski definition) is 1. The number of alkyl halides is 2. The van der Waals surface area contributed by atoms with Crippen LogP contribution in [0.3, 0.4) is 0 Å². The maximum Gasteiger partial charge on any atom is 0.288 e. The van der Waals surface area contributed by atoms with E-state index in [0.717, 1.165) is 19.4 Å². The van der Waals surface area contributed by atoms with Gasteiger partial charge in [-0.25, -0.2) is 0 Å². The van der Waals surface area contributed by atoms with Gasteiger partial charge in [0.1, 0.15) is 0 Å². The van der Waals surface area contributed by atoms with Gasteiger partial charge in [-0.1, -0.05) is 11.8 Å². The molecule has 1 aromatic carbocycles. The molecule has 3 nitrogen and oxygen atoms in total. The molecule has 1 aliphatic heterocycles. The first kappa shape index (κ1) is 14.3. The molecule has 104 valence electrons.